The molecule has 1 aliphatic heterocycles. The van der Waals surface area contributed by atoms with Crippen LogP contribution in [0, 0.1) is 12.3 Å². The average molecular weight is 296 g/mol. The largest absolute Gasteiger partial charge is 0.393 e. The molecule has 0 saturated carbocycles. The normalized spacial score (nSPS) is 22.4. The zero-order chi connectivity index (χ0) is 14.9. The van der Waals surface area contributed by atoms with Gasteiger partial charge in [-0.15, -0.1) is 0 Å². The number of aliphatic hydroxyl groups is 1. The lowest BCUT2D eigenvalue weighted by Crippen LogP contribution is -2.37. The van der Waals surface area contributed by atoms with Gasteiger partial charge in [0.2, 0.25) is 0 Å². The molecule has 1 atom stereocenters. The number of likely N-dealkylation sites (tertiary alicyclic amines) is 1. The van der Waals surface area contributed by atoms with E-state index in [1.807, 2.05) is 17.9 Å². The summed E-state index contributed by atoms with van der Waals surface area (Å²) in [5.74, 6) is 0.0203. The summed E-state index contributed by atoms with van der Waals surface area (Å²) in [4.78, 5) is 14.5. The molecule has 0 aromatic heterocycles. The van der Waals surface area contributed by atoms with E-state index in [1.54, 1.807) is 12.1 Å². The van der Waals surface area contributed by atoms with E-state index in [0.717, 1.165) is 12.0 Å². The van der Waals surface area contributed by atoms with Gasteiger partial charge in [0.15, 0.2) is 0 Å². The Hall–Kier alpha value is -1.06. The molecule has 1 heterocycles. The number of aliphatic hydroxyl groups excluding tert-OH is 1. The minimum absolute atomic E-state index is 0.0203. The Morgan fingerprint density at radius 1 is 1.45 bits per heavy atom. The van der Waals surface area contributed by atoms with Gasteiger partial charge in [0.05, 0.1) is 6.10 Å². The van der Waals surface area contributed by atoms with Crippen LogP contribution in [-0.2, 0) is 0 Å². The van der Waals surface area contributed by atoms with Crippen LogP contribution in [0.3, 0.4) is 0 Å². The molecule has 0 radical (unpaired) electrons. The molecule has 20 heavy (non-hydrogen) atoms. The molecule has 1 fully saturated rings. The molecule has 1 aromatic rings. The van der Waals surface area contributed by atoms with E-state index in [9.17, 15) is 9.90 Å². The first kappa shape index (κ1) is 15.3. The third kappa shape index (κ3) is 3.53. The molecule has 0 aliphatic carbocycles. The van der Waals surface area contributed by atoms with Crippen molar-refractivity contribution in [3.63, 3.8) is 0 Å². The van der Waals surface area contributed by atoms with Crippen molar-refractivity contribution in [3.8, 4) is 0 Å². The first-order valence-corrected chi connectivity index (χ1v) is 7.40. The molecule has 4 heteroatoms. The van der Waals surface area contributed by atoms with Crippen LogP contribution in [-0.4, -0.2) is 35.1 Å². The molecule has 0 spiro atoms. The van der Waals surface area contributed by atoms with Gasteiger partial charge >= 0.3 is 0 Å². The van der Waals surface area contributed by atoms with E-state index in [4.69, 9.17) is 11.6 Å². The van der Waals surface area contributed by atoms with Crippen LogP contribution in [0.15, 0.2) is 18.2 Å². The fourth-order valence-electron chi connectivity index (χ4n) is 2.84. The highest BCUT2D eigenvalue weighted by atomic mass is 35.5. The fourth-order valence-corrected chi connectivity index (χ4v) is 2.96. The van der Waals surface area contributed by atoms with Crippen molar-refractivity contribution in [3.05, 3.63) is 34.3 Å². The summed E-state index contributed by atoms with van der Waals surface area (Å²) in [6, 6.07) is 5.37. The van der Waals surface area contributed by atoms with Crippen LogP contribution in [0.25, 0.3) is 0 Å². The second kappa shape index (κ2) is 5.74. The van der Waals surface area contributed by atoms with Gasteiger partial charge in [0.25, 0.3) is 5.91 Å². The van der Waals surface area contributed by atoms with E-state index in [0.29, 0.717) is 30.1 Å². The second-order valence-electron chi connectivity index (χ2n) is 6.50. The SMILES string of the molecule is Cc1cc(C(=O)N2CCC(O)CC(C)(C)C2)ccc1Cl. The highest BCUT2D eigenvalue weighted by Gasteiger charge is 2.31. The fraction of sp³-hybridized carbons (Fsp3) is 0.562. The highest BCUT2D eigenvalue weighted by Crippen LogP contribution is 2.29. The summed E-state index contributed by atoms with van der Waals surface area (Å²) in [7, 11) is 0. The second-order valence-corrected chi connectivity index (χ2v) is 6.91. The summed E-state index contributed by atoms with van der Waals surface area (Å²) in [6.45, 7) is 7.36. The lowest BCUT2D eigenvalue weighted by Gasteiger charge is -2.29. The number of carbonyl (C=O) groups is 1. The van der Waals surface area contributed by atoms with Crippen LogP contribution in [0.2, 0.25) is 5.02 Å². The van der Waals surface area contributed by atoms with Gasteiger partial charge < -0.3 is 10.0 Å². The predicted octanol–water partition coefficient (Wildman–Crippen LogP) is 3.27. The first-order chi connectivity index (χ1) is 9.28. The van der Waals surface area contributed by atoms with E-state index in [2.05, 4.69) is 13.8 Å². The van der Waals surface area contributed by atoms with Crippen LogP contribution >= 0.6 is 11.6 Å². The molecule has 0 bridgehead atoms. The van der Waals surface area contributed by atoms with Crippen molar-refractivity contribution < 1.29 is 9.90 Å². The monoisotopic (exact) mass is 295 g/mol. The topological polar surface area (TPSA) is 40.5 Å². The summed E-state index contributed by atoms with van der Waals surface area (Å²) in [5.41, 5.74) is 1.51. The number of aryl methyl sites for hydroxylation is 1. The number of halogens is 1. The van der Waals surface area contributed by atoms with Crippen LogP contribution in [0.1, 0.15) is 42.6 Å². The summed E-state index contributed by atoms with van der Waals surface area (Å²) < 4.78 is 0. The predicted molar refractivity (Wildman–Crippen MR) is 81.1 cm³/mol. The Morgan fingerprint density at radius 3 is 2.80 bits per heavy atom. The molecule has 1 amide bonds. The summed E-state index contributed by atoms with van der Waals surface area (Å²) in [6.07, 6.45) is 1.05. The molecule has 1 aliphatic rings. The van der Waals surface area contributed by atoms with E-state index in [-0.39, 0.29) is 17.4 Å². The number of hydrogen-bond donors (Lipinski definition) is 1. The van der Waals surface area contributed by atoms with E-state index in [1.165, 1.54) is 0 Å². The maximum atomic E-state index is 12.6. The smallest absolute Gasteiger partial charge is 0.253 e. The lowest BCUT2D eigenvalue weighted by atomic mass is 9.87. The zero-order valence-corrected chi connectivity index (χ0v) is 13.1. The van der Waals surface area contributed by atoms with Gasteiger partial charge in [-0.25, -0.2) is 0 Å². The maximum Gasteiger partial charge on any atom is 0.253 e. The van der Waals surface area contributed by atoms with Gasteiger partial charge in [-0.1, -0.05) is 25.4 Å². The van der Waals surface area contributed by atoms with Gasteiger partial charge in [-0.2, -0.15) is 0 Å². The highest BCUT2D eigenvalue weighted by molar-refractivity contribution is 6.31. The Balaban J connectivity index is 2.21. The summed E-state index contributed by atoms with van der Waals surface area (Å²) >= 11 is 6.00. The first-order valence-electron chi connectivity index (χ1n) is 7.02. The van der Waals surface area contributed by atoms with Crippen molar-refractivity contribution >= 4 is 17.5 Å². The lowest BCUT2D eigenvalue weighted by molar-refractivity contribution is 0.0705. The molecule has 1 unspecified atom stereocenters. The maximum absolute atomic E-state index is 12.6. The van der Waals surface area contributed by atoms with E-state index < -0.39 is 0 Å². The Kier molecular flexibility index (Phi) is 4.40. The van der Waals surface area contributed by atoms with Crippen LogP contribution < -0.4 is 0 Å². The Labute approximate surface area is 125 Å². The minimum Gasteiger partial charge on any atom is -0.393 e. The molecule has 3 nitrogen and oxygen atoms in total. The number of benzene rings is 1. The van der Waals surface area contributed by atoms with Crippen LogP contribution in [0.5, 0.6) is 0 Å². The molecular weight excluding hydrogens is 274 g/mol. The van der Waals surface area contributed by atoms with Crippen molar-refractivity contribution in [2.24, 2.45) is 5.41 Å². The number of rotatable bonds is 1. The zero-order valence-electron chi connectivity index (χ0n) is 12.3. The third-order valence-electron chi connectivity index (χ3n) is 3.83. The number of amides is 1. The average Bonchev–Trinajstić information content (AvgIpc) is 2.49. The van der Waals surface area contributed by atoms with Crippen LogP contribution in [0.4, 0.5) is 0 Å². The molecule has 2 rings (SSSR count). The van der Waals surface area contributed by atoms with Crippen molar-refractivity contribution in [2.45, 2.75) is 39.7 Å². The van der Waals surface area contributed by atoms with Gasteiger partial charge in [0, 0.05) is 23.7 Å². The van der Waals surface area contributed by atoms with Crippen molar-refractivity contribution in [2.75, 3.05) is 13.1 Å². The van der Waals surface area contributed by atoms with Gasteiger partial charge in [0.1, 0.15) is 0 Å². The third-order valence-corrected chi connectivity index (χ3v) is 4.26. The minimum atomic E-state index is -0.324. The number of nitrogens with zero attached hydrogens (tertiary/aromatic N) is 1. The van der Waals surface area contributed by atoms with Gasteiger partial charge in [-0.05, 0) is 48.9 Å². The van der Waals surface area contributed by atoms with Crippen molar-refractivity contribution in [1.29, 1.82) is 0 Å². The molecule has 1 N–H and O–H groups in total. The summed E-state index contributed by atoms with van der Waals surface area (Å²) in [5, 5.41) is 10.6. The Bertz CT molecular complexity index is 513. The molecule has 1 saturated heterocycles. The molecule has 110 valence electrons. The number of hydrogen-bond acceptors (Lipinski definition) is 2. The molecular formula is C16H22ClNO2. The standard InChI is InChI=1S/C16H22ClNO2/c1-11-8-12(4-5-14(11)17)15(20)18-7-6-13(19)9-16(2,3)10-18/h4-5,8,13,19H,6-7,9-10H2,1-3H3. The Morgan fingerprint density at radius 2 is 2.15 bits per heavy atom. The number of carbonyl (C=O) groups excluding carboxylic acids is 1. The van der Waals surface area contributed by atoms with Gasteiger partial charge in [-0.3, -0.25) is 4.79 Å². The van der Waals surface area contributed by atoms with Crippen molar-refractivity contribution in [1.82, 2.24) is 4.90 Å². The van der Waals surface area contributed by atoms with E-state index >= 15 is 0 Å². The quantitative estimate of drug-likeness (QED) is 0.864. The molecule has 1 aromatic carbocycles.